The number of nitrogens with zero attached hydrogens (tertiary/aromatic N) is 2. The number of morpholine rings is 1. The van der Waals surface area contributed by atoms with Crippen molar-refractivity contribution in [3.63, 3.8) is 0 Å². The van der Waals surface area contributed by atoms with Gasteiger partial charge in [-0.2, -0.15) is 18.3 Å². The smallest absolute Gasteiger partial charge is 0.378 e. The van der Waals surface area contributed by atoms with Crippen LogP contribution < -0.4 is 10.3 Å². The number of alkyl halides is 3. The number of halogens is 3. The number of hydrogen-bond acceptors (Lipinski definition) is 5. The van der Waals surface area contributed by atoms with Gasteiger partial charge in [0.25, 0.3) is 0 Å². The summed E-state index contributed by atoms with van der Waals surface area (Å²) in [7, 11) is 0. The first-order valence-electron chi connectivity index (χ1n) is 7.42. The molecule has 0 spiro atoms. The van der Waals surface area contributed by atoms with Gasteiger partial charge in [0, 0.05) is 18.0 Å². The summed E-state index contributed by atoms with van der Waals surface area (Å²) in [5, 5.41) is 5.04. The van der Waals surface area contributed by atoms with Crippen LogP contribution in [0.4, 0.5) is 23.9 Å². The number of nitrogens with one attached hydrogen (secondary N) is 1. The summed E-state index contributed by atoms with van der Waals surface area (Å²) in [6.45, 7) is 3.09. The molecule has 1 saturated heterocycles. The lowest BCUT2D eigenvalue weighted by atomic mass is 10.2. The molecular formula is C16H16F3N3OS. The van der Waals surface area contributed by atoms with Crippen LogP contribution in [0.25, 0.3) is 0 Å². The molecule has 0 amide bonds. The summed E-state index contributed by atoms with van der Waals surface area (Å²) in [5.41, 5.74) is 1.68. The Balaban J connectivity index is 1.66. The first-order valence-corrected chi connectivity index (χ1v) is 8.23. The fourth-order valence-electron chi connectivity index (χ4n) is 2.36. The van der Waals surface area contributed by atoms with Gasteiger partial charge >= 0.3 is 6.18 Å². The molecule has 1 fully saturated rings. The van der Waals surface area contributed by atoms with Crippen LogP contribution in [0.2, 0.25) is 0 Å². The van der Waals surface area contributed by atoms with Crippen molar-refractivity contribution < 1.29 is 17.9 Å². The van der Waals surface area contributed by atoms with Gasteiger partial charge in [-0.05, 0) is 24.3 Å². The third kappa shape index (κ3) is 4.07. The zero-order valence-electron chi connectivity index (χ0n) is 12.7. The number of benzene rings is 1. The van der Waals surface area contributed by atoms with Gasteiger partial charge in [0.1, 0.15) is 0 Å². The van der Waals surface area contributed by atoms with Crippen LogP contribution in [0, 0.1) is 0 Å². The molecule has 0 radical (unpaired) electrons. The number of anilines is 2. The number of para-hydroxylation sites is 1. The third-order valence-corrected chi connectivity index (χ3v) is 4.63. The van der Waals surface area contributed by atoms with Crippen molar-refractivity contribution in [2.45, 2.75) is 6.18 Å². The van der Waals surface area contributed by atoms with E-state index in [2.05, 4.69) is 15.4 Å². The van der Waals surface area contributed by atoms with Crippen LogP contribution in [0.1, 0.15) is 10.4 Å². The average Bonchev–Trinajstić information content (AvgIpc) is 3.04. The first kappa shape index (κ1) is 16.8. The normalized spacial score (nSPS) is 15.9. The predicted octanol–water partition coefficient (Wildman–Crippen LogP) is 4.05. The number of hydrogen-bond donors (Lipinski definition) is 1. The van der Waals surface area contributed by atoms with Crippen molar-refractivity contribution in [3.8, 4) is 0 Å². The molecule has 3 rings (SSSR count). The van der Waals surface area contributed by atoms with Crippen molar-refractivity contribution in [1.29, 1.82) is 0 Å². The zero-order valence-corrected chi connectivity index (χ0v) is 13.5. The van der Waals surface area contributed by atoms with E-state index in [1.807, 2.05) is 12.1 Å². The third-order valence-electron chi connectivity index (χ3n) is 3.54. The number of rotatable bonds is 4. The second-order valence-electron chi connectivity index (χ2n) is 5.19. The first-order chi connectivity index (χ1) is 11.5. The average molecular weight is 355 g/mol. The highest BCUT2D eigenvalue weighted by Crippen LogP contribution is 2.34. The van der Waals surface area contributed by atoms with E-state index in [9.17, 15) is 13.2 Å². The number of ether oxygens (including phenoxy) is 1. The Morgan fingerprint density at radius 3 is 2.62 bits per heavy atom. The summed E-state index contributed by atoms with van der Waals surface area (Å²) in [6, 6.07) is 9.16. The summed E-state index contributed by atoms with van der Waals surface area (Å²) >= 11 is 1.54. The lowest BCUT2D eigenvalue weighted by Crippen LogP contribution is -2.35. The Morgan fingerprint density at radius 2 is 1.88 bits per heavy atom. The molecular weight excluding hydrogens is 339 g/mol. The van der Waals surface area contributed by atoms with Gasteiger partial charge in [0.15, 0.2) is 0 Å². The van der Waals surface area contributed by atoms with Gasteiger partial charge in [-0.25, -0.2) is 0 Å². The van der Waals surface area contributed by atoms with Crippen molar-refractivity contribution in [3.05, 3.63) is 46.8 Å². The lowest BCUT2D eigenvalue weighted by Gasteiger charge is -2.27. The molecule has 1 aliphatic rings. The fraction of sp³-hybridized carbons (Fsp3) is 0.312. The molecule has 8 heteroatoms. The van der Waals surface area contributed by atoms with Crippen LogP contribution in [0.5, 0.6) is 0 Å². The van der Waals surface area contributed by atoms with E-state index >= 15 is 0 Å². The van der Waals surface area contributed by atoms with Crippen LogP contribution in [-0.4, -0.2) is 32.5 Å². The summed E-state index contributed by atoms with van der Waals surface area (Å²) < 4.78 is 44.0. The maximum Gasteiger partial charge on any atom is 0.418 e. The van der Waals surface area contributed by atoms with E-state index in [0.717, 1.165) is 29.0 Å². The molecule has 0 unspecified atom stereocenters. The Morgan fingerprint density at radius 1 is 1.12 bits per heavy atom. The van der Waals surface area contributed by atoms with Gasteiger partial charge in [0.2, 0.25) is 0 Å². The molecule has 24 heavy (non-hydrogen) atoms. The van der Waals surface area contributed by atoms with Crippen molar-refractivity contribution in [2.75, 3.05) is 36.6 Å². The highest BCUT2D eigenvalue weighted by atomic mass is 32.1. The highest BCUT2D eigenvalue weighted by molar-refractivity contribution is 7.17. The predicted molar refractivity (Wildman–Crippen MR) is 90.0 cm³/mol. The Hall–Kier alpha value is -2.06. The molecule has 0 saturated carbocycles. The molecule has 0 bridgehead atoms. The fourth-order valence-corrected chi connectivity index (χ4v) is 3.29. The minimum Gasteiger partial charge on any atom is -0.378 e. The molecule has 0 atom stereocenters. The Bertz CT molecular complexity index is 709. The van der Waals surface area contributed by atoms with Crippen LogP contribution in [0.15, 0.2) is 41.5 Å². The minimum atomic E-state index is -4.41. The molecule has 2 heterocycles. The van der Waals surface area contributed by atoms with Crippen molar-refractivity contribution in [2.24, 2.45) is 5.10 Å². The molecule has 2 aromatic rings. The summed E-state index contributed by atoms with van der Waals surface area (Å²) in [4.78, 5) is 3.09. The van der Waals surface area contributed by atoms with Gasteiger partial charge in [-0.15, -0.1) is 11.3 Å². The maximum atomic E-state index is 12.9. The van der Waals surface area contributed by atoms with E-state index < -0.39 is 11.7 Å². The van der Waals surface area contributed by atoms with Gasteiger partial charge in [-0.1, -0.05) is 12.1 Å². The second-order valence-corrected chi connectivity index (χ2v) is 6.28. The van der Waals surface area contributed by atoms with Crippen LogP contribution in [-0.2, 0) is 10.9 Å². The summed E-state index contributed by atoms with van der Waals surface area (Å²) in [6.07, 6.45) is -2.88. The topological polar surface area (TPSA) is 36.9 Å². The van der Waals surface area contributed by atoms with E-state index in [4.69, 9.17) is 4.74 Å². The van der Waals surface area contributed by atoms with E-state index in [1.54, 1.807) is 11.3 Å². The van der Waals surface area contributed by atoms with Gasteiger partial charge in [0.05, 0.1) is 35.7 Å². The molecule has 1 N–H and O–H groups in total. The highest BCUT2D eigenvalue weighted by Gasteiger charge is 2.33. The van der Waals surface area contributed by atoms with Crippen molar-refractivity contribution >= 4 is 28.2 Å². The molecule has 0 aliphatic carbocycles. The molecule has 1 aromatic carbocycles. The zero-order chi connectivity index (χ0) is 17.0. The standard InChI is InChI=1S/C16H16F3N3OS/c17-16(18,19)13-3-1-2-4-14(13)21-20-11-12-5-6-15(24-12)22-7-9-23-10-8-22/h1-6,11,21H,7-10H2. The summed E-state index contributed by atoms with van der Waals surface area (Å²) in [5.74, 6) is 0. The number of hydrazone groups is 1. The van der Waals surface area contributed by atoms with Crippen LogP contribution >= 0.6 is 11.3 Å². The van der Waals surface area contributed by atoms with Crippen molar-refractivity contribution in [1.82, 2.24) is 0 Å². The molecule has 1 aliphatic heterocycles. The quantitative estimate of drug-likeness (QED) is 0.664. The number of thiophene rings is 1. The SMILES string of the molecule is FC(F)(F)c1ccccc1NN=Cc1ccc(N2CCOCC2)s1. The van der Waals surface area contributed by atoms with E-state index in [1.165, 1.54) is 24.4 Å². The molecule has 128 valence electrons. The largest absolute Gasteiger partial charge is 0.418 e. The molecule has 4 nitrogen and oxygen atoms in total. The Labute approximate surface area is 141 Å². The lowest BCUT2D eigenvalue weighted by molar-refractivity contribution is -0.136. The minimum absolute atomic E-state index is 0.0637. The molecule has 1 aromatic heterocycles. The Kier molecular flexibility index (Phi) is 5.06. The second kappa shape index (κ2) is 7.23. The van der Waals surface area contributed by atoms with E-state index in [-0.39, 0.29) is 5.69 Å². The monoisotopic (exact) mass is 355 g/mol. The van der Waals surface area contributed by atoms with Crippen LogP contribution in [0.3, 0.4) is 0 Å². The maximum absolute atomic E-state index is 12.9. The van der Waals surface area contributed by atoms with Gasteiger partial charge in [-0.3, -0.25) is 5.43 Å². The van der Waals surface area contributed by atoms with Gasteiger partial charge < -0.3 is 9.64 Å². The van der Waals surface area contributed by atoms with E-state index in [0.29, 0.717) is 13.2 Å².